The minimum Gasteiger partial charge on any atom is -0.387 e. The largest absolute Gasteiger partial charge is 0.387 e. The van der Waals surface area contributed by atoms with E-state index in [0.29, 0.717) is 30.1 Å². The van der Waals surface area contributed by atoms with E-state index in [-0.39, 0.29) is 0 Å². The molecule has 0 aliphatic heterocycles. The van der Waals surface area contributed by atoms with Crippen molar-refractivity contribution in [3.8, 4) is 5.95 Å². The Bertz CT molecular complexity index is 574. The van der Waals surface area contributed by atoms with Gasteiger partial charge in [0.2, 0.25) is 11.9 Å². The number of nitrogens with zero attached hydrogens (tertiary/aromatic N) is 6. The minimum absolute atomic E-state index is 0.331. The fraction of sp³-hybridized carbons (Fsp3) is 0.545. The molecule has 0 bridgehead atoms. The average Bonchev–Trinajstić information content (AvgIpc) is 2.99. The number of hydrogen-bond acceptors (Lipinski definition) is 9. The fourth-order valence-electron chi connectivity index (χ4n) is 1.60. The molecule has 1 atom stereocenters. The van der Waals surface area contributed by atoms with E-state index in [2.05, 4.69) is 35.7 Å². The first kappa shape index (κ1) is 15.4. The lowest BCUT2D eigenvalue weighted by molar-refractivity contribution is 0.0995. The lowest BCUT2D eigenvalue weighted by Gasteiger charge is -2.22. The van der Waals surface area contributed by atoms with Crippen molar-refractivity contribution in [2.75, 3.05) is 36.2 Å². The molecule has 0 fully saturated rings. The minimum atomic E-state index is -0.848. The van der Waals surface area contributed by atoms with Gasteiger partial charge in [0, 0.05) is 19.3 Å². The molecule has 0 spiro atoms. The van der Waals surface area contributed by atoms with Gasteiger partial charge in [0.1, 0.15) is 12.7 Å². The quantitative estimate of drug-likeness (QED) is 0.651. The van der Waals surface area contributed by atoms with Gasteiger partial charge in [-0.25, -0.2) is 4.98 Å². The second-order valence-electron chi connectivity index (χ2n) is 4.66. The van der Waals surface area contributed by atoms with E-state index in [1.54, 1.807) is 25.7 Å². The first-order valence-corrected chi connectivity index (χ1v) is 7.67. The molecule has 10 heteroatoms. The standard InChI is InChI=1S/C11H18N8OS/c1-11(20,5-21-3)4-14-9-16-8(12-2)17-10(18-9)19-7-13-6-15-19/h6-7,20H,4-5H2,1-3H3,(H2,12,14,16,17,18). The molecule has 2 rings (SSSR count). The van der Waals surface area contributed by atoms with Gasteiger partial charge in [-0.05, 0) is 13.2 Å². The summed E-state index contributed by atoms with van der Waals surface area (Å²) < 4.78 is 1.44. The smallest absolute Gasteiger partial charge is 0.258 e. The van der Waals surface area contributed by atoms with Crippen LogP contribution in [0.5, 0.6) is 0 Å². The summed E-state index contributed by atoms with van der Waals surface area (Å²) in [6.07, 6.45) is 4.85. The second-order valence-corrected chi connectivity index (χ2v) is 5.52. The number of aliphatic hydroxyl groups is 1. The van der Waals surface area contributed by atoms with Gasteiger partial charge in [0.05, 0.1) is 5.60 Å². The molecule has 0 saturated carbocycles. The summed E-state index contributed by atoms with van der Waals surface area (Å²) in [5.41, 5.74) is -0.848. The average molecular weight is 310 g/mol. The van der Waals surface area contributed by atoms with E-state index in [9.17, 15) is 5.11 Å². The maximum Gasteiger partial charge on any atom is 0.258 e. The highest BCUT2D eigenvalue weighted by atomic mass is 32.2. The zero-order valence-electron chi connectivity index (χ0n) is 12.1. The predicted molar refractivity (Wildman–Crippen MR) is 81.8 cm³/mol. The maximum atomic E-state index is 10.2. The SMILES string of the molecule is CNc1nc(NCC(C)(O)CSC)nc(-n2cncn2)n1. The van der Waals surface area contributed by atoms with E-state index >= 15 is 0 Å². The molecular weight excluding hydrogens is 292 g/mol. The maximum absolute atomic E-state index is 10.2. The highest BCUT2D eigenvalue weighted by Gasteiger charge is 2.20. The van der Waals surface area contributed by atoms with Gasteiger partial charge in [0.15, 0.2) is 0 Å². The highest BCUT2D eigenvalue weighted by Crippen LogP contribution is 2.13. The van der Waals surface area contributed by atoms with Crippen LogP contribution >= 0.6 is 11.8 Å². The summed E-state index contributed by atoms with van der Waals surface area (Å²) in [6, 6.07) is 0. The summed E-state index contributed by atoms with van der Waals surface area (Å²) in [4.78, 5) is 16.5. The van der Waals surface area contributed by atoms with Gasteiger partial charge in [-0.3, -0.25) is 0 Å². The van der Waals surface area contributed by atoms with Gasteiger partial charge >= 0.3 is 0 Å². The Morgan fingerprint density at radius 1 is 1.33 bits per heavy atom. The van der Waals surface area contributed by atoms with Gasteiger partial charge in [-0.2, -0.15) is 36.5 Å². The van der Waals surface area contributed by atoms with E-state index in [0.717, 1.165) is 0 Å². The van der Waals surface area contributed by atoms with Crippen LogP contribution in [-0.4, -0.2) is 66.0 Å². The summed E-state index contributed by atoms with van der Waals surface area (Å²) >= 11 is 1.57. The Morgan fingerprint density at radius 3 is 2.71 bits per heavy atom. The first-order chi connectivity index (χ1) is 10.0. The third-order valence-corrected chi connectivity index (χ3v) is 3.46. The summed E-state index contributed by atoms with van der Waals surface area (Å²) in [6.45, 7) is 2.09. The Labute approximate surface area is 126 Å². The van der Waals surface area contributed by atoms with Crippen molar-refractivity contribution >= 4 is 23.7 Å². The van der Waals surface area contributed by atoms with Gasteiger partial charge in [-0.1, -0.05) is 0 Å². The Hall–Kier alpha value is -1.94. The van der Waals surface area contributed by atoms with Gasteiger partial charge < -0.3 is 15.7 Å². The number of aromatic nitrogens is 6. The molecule has 114 valence electrons. The zero-order valence-corrected chi connectivity index (χ0v) is 12.9. The number of thioether (sulfide) groups is 1. The van der Waals surface area contributed by atoms with Crippen molar-refractivity contribution in [2.45, 2.75) is 12.5 Å². The van der Waals surface area contributed by atoms with Crippen LogP contribution in [0.3, 0.4) is 0 Å². The lowest BCUT2D eigenvalue weighted by atomic mass is 10.1. The van der Waals surface area contributed by atoms with E-state index in [1.807, 2.05) is 6.26 Å². The van der Waals surface area contributed by atoms with Gasteiger partial charge in [0.25, 0.3) is 5.95 Å². The van der Waals surface area contributed by atoms with Crippen LogP contribution in [0.4, 0.5) is 11.9 Å². The van der Waals surface area contributed by atoms with E-state index in [4.69, 9.17) is 0 Å². The van der Waals surface area contributed by atoms with Crippen molar-refractivity contribution in [2.24, 2.45) is 0 Å². The second kappa shape index (κ2) is 6.68. The van der Waals surface area contributed by atoms with E-state index in [1.165, 1.54) is 17.3 Å². The molecule has 0 saturated heterocycles. The van der Waals surface area contributed by atoms with Crippen LogP contribution in [0.2, 0.25) is 0 Å². The number of nitrogens with one attached hydrogen (secondary N) is 2. The topological polar surface area (TPSA) is 114 Å². The Morgan fingerprint density at radius 2 is 2.10 bits per heavy atom. The molecule has 0 amide bonds. The molecule has 9 nitrogen and oxygen atoms in total. The fourth-order valence-corrected chi connectivity index (χ4v) is 2.32. The van der Waals surface area contributed by atoms with Crippen LogP contribution in [0.1, 0.15) is 6.92 Å². The van der Waals surface area contributed by atoms with E-state index < -0.39 is 5.60 Å². The van der Waals surface area contributed by atoms with Crippen LogP contribution in [0.15, 0.2) is 12.7 Å². The highest BCUT2D eigenvalue weighted by molar-refractivity contribution is 7.98. The summed E-state index contributed by atoms with van der Waals surface area (Å²) in [7, 11) is 1.72. The third-order valence-electron chi connectivity index (χ3n) is 2.55. The molecule has 0 aromatic carbocycles. The van der Waals surface area contributed by atoms with Crippen LogP contribution in [0.25, 0.3) is 5.95 Å². The zero-order chi connectivity index (χ0) is 15.3. The molecular formula is C11H18N8OS. The predicted octanol–water partition coefficient (Wildman–Crippen LogP) is 0.0199. The molecule has 2 heterocycles. The summed E-state index contributed by atoms with van der Waals surface area (Å²) in [5.74, 6) is 1.72. The van der Waals surface area contributed by atoms with Crippen molar-refractivity contribution in [3.05, 3.63) is 12.7 Å². The normalized spacial score (nSPS) is 13.7. The molecule has 0 radical (unpaired) electrons. The van der Waals surface area contributed by atoms with Crippen LogP contribution in [-0.2, 0) is 0 Å². The molecule has 21 heavy (non-hydrogen) atoms. The van der Waals surface area contributed by atoms with Crippen molar-refractivity contribution in [1.82, 2.24) is 29.7 Å². The molecule has 0 aliphatic rings. The number of anilines is 2. The van der Waals surface area contributed by atoms with Crippen LogP contribution in [0, 0.1) is 0 Å². The van der Waals surface area contributed by atoms with Crippen molar-refractivity contribution in [3.63, 3.8) is 0 Å². The molecule has 3 N–H and O–H groups in total. The first-order valence-electron chi connectivity index (χ1n) is 6.28. The third kappa shape index (κ3) is 4.26. The molecule has 2 aromatic rings. The lowest BCUT2D eigenvalue weighted by Crippen LogP contribution is -2.36. The molecule has 1 unspecified atom stereocenters. The number of rotatable bonds is 7. The Balaban J connectivity index is 2.18. The monoisotopic (exact) mass is 310 g/mol. The summed E-state index contributed by atoms with van der Waals surface area (Å²) in [5, 5.41) is 20.0. The van der Waals surface area contributed by atoms with Crippen molar-refractivity contribution in [1.29, 1.82) is 0 Å². The van der Waals surface area contributed by atoms with Crippen LogP contribution < -0.4 is 10.6 Å². The van der Waals surface area contributed by atoms with Crippen molar-refractivity contribution < 1.29 is 5.11 Å². The molecule has 0 aliphatic carbocycles. The van der Waals surface area contributed by atoms with Gasteiger partial charge in [-0.15, -0.1) is 0 Å². The number of hydrogen-bond donors (Lipinski definition) is 3. The Kier molecular flexibility index (Phi) is 4.91. The molecule has 2 aromatic heterocycles.